The van der Waals surface area contributed by atoms with Crippen LogP contribution in [0.4, 0.5) is 0 Å². The Bertz CT molecular complexity index is 777. The standard InChI is InChI=1S/2C11H16O.4CH3.O.2Sn/c2*1-3-6-10-9(4-2)7-5-8-11(10)12;;;;;;;/h2*5,7-8,12H,3-4,6H2,1-2H3;4*1H3;;;/q;;;;;;;2*+1/p-2. The average molecular weight is 640 g/mol. The fourth-order valence-corrected chi connectivity index (χ4v) is 36.3. The summed E-state index contributed by atoms with van der Waals surface area (Å²) in [6.45, 7) is 8.89. The van der Waals surface area contributed by atoms with E-state index in [1.54, 1.807) is 0 Å². The molecule has 0 heterocycles. The predicted octanol–water partition coefficient (Wildman–Crippen LogP) is 7.59. The first kappa shape index (κ1) is 26.8. The molecule has 0 aliphatic carbocycles. The van der Waals surface area contributed by atoms with Crippen LogP contribution in [-0.4, -0.2) is 38.4 Å². The molecule has 0 saturated carbocycles. The summed E-state index contributed by atoms with van der Waals surface area (Å²) in [5.41, 5.74) is 5.49. The summed E-state index contributed by atoms with van der Waals surface area (Å²) in [5.74, 6) is 2.06. The number of rotatable bonds is 12. The second kappa shape index (κ2) is 12.2. The Morgan fingerprint density at radius 1 is 0.613 bits per heavy atom. The second-order valence-corrected chi connectivity index (χ2v) is 30.7. The van der Waals surface area contributed by atoms with E-state index in [0.717, 1.165) is 50.0 Å². The normalized spacial score (nSPS) is 12.1. The van der Waals surface area contributed by atoms with Crippen molar-refractivity contribution in [3.8, 4) is 11.5 Å². The molecule has 0 bridgehead atoms. The van der Waals surface area contributed by atoms with Crippen LogP contribution in [0.5, 0.6) is 11.5 Å². The molecular formula is C26H42O3Sn2. The number of aryl methyl sites for hydroxylation is 2. The van der Waals surface area contributed by atoms with Gasteiger partial charge in [0.15, 0.2) is 0 Å². The number of hydrogen-bond donors (Lipinski definition) is 0. The van der Waals surface area contributed by atoms with Crippen LogP contribution in [0.25, 0.3) is 0 Å². The van der Waals surface area contributed by atoms with Crippen LogP contribution in [0, 0.1) is 0 Å². The van der Waals surface area contributed by atoms with Crippen LogP contribution < -0.4 is 6.15 Å². The molecule has 3 nitrogen and oxygen atoms in total. The molecule has 0 N–H and O–H groups in total. The maximum absolute atomic E-state index is 6.82. The number of benzene rings is 2. The van der Waals surface area contributed by atoms with E-state index in [-0.39, 0.29) is 0 Å². The van der Waals surface area contributed by atoms with Crippen molar-refractivity contribution in [3.63, 3.8) is 0 Å². The van der Waals surface area contributed by atoms with Gasteiger partial charge < -0.3 is 0 Å². The number of hydrogen-bond acceptors (Lipinski definition) is 3. The van der Waals surface area contributed by atoms with Gasteiger partial charge in [0.25, 0.3) is 0 Å². The zero-order valence-electron chi connectivity index (χ0n) is 20.9. The van der Waals surface area contributed by atoms with E-state index in [0.29, 0.717) is 0 Å². The van der Waals surface area contributed by atoms with Gasteiger partial charge in [-0.3, -0.25) is 0 Å². The predicted molar refractivity (Wildman–Crippen MR) is 137 cm³/mol. The third kappa shape index (κ3) is 7.85. The summed E-state index contributed by atoms with van der Waals surface area (Å²) in [5, 5.41) is 0. The average Bonchev–Trinajstić information content (AvgIpc) is 2.69. The van der Waals surface area contributed by atoms with Gasteiger partial charge >= 0.3 is 202 Å². The van der Waals surface area contributed by atoms with Crippen LogP contribution >= 0.6 is 0 Å². The van der Waals surface area contributed by atoms with Gasteiger partial charge in [0.1, 0.15) is 0 Å². The van der Waals surface area contributed by atoms with Crippen LogP contribution in [0.2, 0.25) is 19.8 Å². The molecule has 2 aromatic carbocycles. The summed E-state index contributed by atoms with van der Waals surface area (Å²) in [4.78, 5) is 8.89. The molecule has 31 heavy (non-hydrogen) atoms. The van der Waals surface area contributed by atoms with Crippen LogP contribution in [-0.2, 0) is 27.1 Å². The molecule has 5 heteroatoms. The Hall–Kier alpha value is -0.403. The first-order chi connectivity index (χ1) is 14.7. The molecule has 0 radical (unpaired) electrons. The van der Waals surface area contributed by atoms with Gasteiger partial charge in [0.2, 0.25) is 0 Å². The molecule has 2 aromatic rings. The van der Waals surface area contributed by atoms with E-state index >= 15 is 0 Å². The fourth-order valence-electron chi connectivity index (χ4n) is 4.31. The molecule has 0 aliphatic heterocycles. The Labute approximate surface area is 200 Å². The Kier molecular flexibility index (Phi) is 10.5. The van der Waals surface area contributed by atoms with Crippen molar-refractivity contribution >= 4 is 38.4 Å². The second-order valence-electron chi connectivity index (χ2n) is 9.10. The van der Waals surface area contributed by atoms with E-state index < -0.39 is 38.4 Å². The van der Waals surface area contributed by atoms with Crippen molar-refractivity contribution in [1.29, 1.82) is 0 Å². The van der Waals surface area contributed by atoms with Crippen LogP contribution in [0.3, 0.4) is 0 Å². The molecule has 0 spiro atoms. The van der Waals surface area contributed by atoms with Crippen molar-refractivity contribution in [2.75, 3.05) is 0 Å². The molecule has 2 rings (SSSR count). The van der Waals surface area contributed by atoms with Gasteiger partial charge in [-0.15, -0.1) is 0 Å². The van der Waals surface area contributed by atoms with Crippen molar-refractivity contribution in [1.82, 2.24) is 0 Å². The minimum absolute atomic E-state index is 1.03. The third-order valence-corrected chi connectivity index (χ3v) is 31.1. The van der Waals surface area contributed by atoms with E-state index in [9.17, 15) is 0 Å². The molecule has 0 amide bonds. The van der Waals surface area contributed by atoms with E-state index in [4.69, 9.17) is 7.56 Å². The van der Waals surface area contributed by atoms with Gasteiger partial charge in [-0.05, 0) is 0 Å². The monoisotopic (exact) mass is 642 g/mol. The summed E-state index contributed by atoms with van der Waals surface area (Å²) in [7, 11) is 0. The van der Waals surface area contributed by atoms with Crippen molar-refractivity contribution in [3.05, 3.63) is 58.7 Å². The quantitative estimate of drug-likeness (QED) is 0.224. The van der Waals surface area contributed by atoms with Gasteiger partial charge in [0, 0.05) is 0 Å². The van der Waals surface area contributed by atoms with Crippen molar-refractivity contribution in [2.24, 2.45) is 0 Å². The first-order valence-corrected chi connectivity index (χ1v) is 28.0. The van der Waals surface area contributed by atoms with Crippen molar-refractivity contribution in [2.45, 2.75) is 86.0 Å². The zero-order chi connectivity index (χ0) is 23.1. The fraction of sp³-hybridized carbons (Fsp3) is 0.538. The van der Waals surface area contributed by atoms with Gasteiger partial charge in [-0.1, -0.05) is 0 Å². The molecule has 0 saturated heterocycles. The Morgan fingerprint density at radius 2 is 1.00 bits per heavy atom. The molecule has 0 atom stereocenters. The summed E-state index contributed by atoms with van der Waals surface area (Å²) < 4.78 is 20.2. The Balaban J connectivity index is 2.23. The van der Waals surface area contributed by atoms with E-state index in [1.807, 2.05) is 0 Å². The third-order valence-electron chi connectivity index (χ3n) is 5.42. The van der Waals surface area contributed by atoms with E-state index in [1.165, 1.54) is 22.3 Å². The van der Waals surface area contributed by atoms with Crippen molar-refractivity contribution < 1.29 is 7.56 Å². The zero-order valence-corrected chi connectivity index (χ0v) is 26.6. The molecule has 0 aromatic heterocycles. The summed E-state index contributed by atoms with van der Waals surface area (Å²) in [6.07, 6.45) is 6.40. The van der Waals surface area contributed by atoms with Gasteiger partial charge in [0.05, 0.1) is 0 Å². The maximum atomic E-state index is 6.82. The van der Waals surface area contributed by atoms with Crippen LogP contribution in [0.1, 0.15) is 62.8 Å². The summed E-state index contributed by atoms with van der Waals surface area (Å²) in [6, 6.07) is 12.9. The molecule has 0 fully saturated rings. The molecule has 0 aliphatic rings. The molecule has 172 valence electrons. The molecule has 0 unspecified atom stereocenters. The molecular weight excluding hydrogens is 598 g/mol. The first-order valence-electron chi connectivity index (χ1n) is 12.0. The SMILES string of the molecule is CCCc1c(CC)cccc1[O][Sn]([CH3])([CH3])[O][Sn]([CH3])([CH3])[O]c1cccc(CC)c1CCC. The van der Waals surface area contributed by atoms with Crippen LogP contribution in [0.15, 0.2) is 36.4 Å². The van der Waals surface area contributed by atoms with E-state index in [2.05, 4.69) is 83.9 Å². The topological polar surface area (TPSA) is 27.7 Å². The summed E-state index contributed by atoms with van der Waals surface area (Å²) >= 11 is -6.55. The Morgan fingerprint density at radius 3 is 1.32 bits per heavy atom. The minimum atomic E-state index is -3.27. The van der Waals surface area contributed by atoms with Gasteiger partial charge in [-0.25, -0.2) is 0 Å². The van der Waals surface area contributed by atoms with Gasteiger partial charge in [-0.2, -0.15) is 0 Å².